The molecule has 0 atom stereocenters. The quantitative estimate of drug-likeness (QED) is 0.673. The third kappa shape index (κ3) is 8.69. The Kier molecular flexibility index (Phi) is 7.57. The van der Waals surface area contributed by atoms with Crippen molar-refractivity contribution >= 4 is 11.9 Å². The molecule has 0 aromatic heterocycles. The summed E-state index contributed by atoms with van der Waals surface area (Å²) in [5.41, 5.74) is -0.00674. The van der Waals surface area contributed by atoms with Crippen LogP contribution in [0.25, 0.3) is 0 Å². The van der Waals surface area contributed by atoms with Gasteiger partial charge in [-0.05, 0) is 24.1 Å². The zero-order valence-corrected chi connectivity index (χ0v) is 11.7. The van der Waals surface area contributed by atoms with E-state index in [9.17, 15) is 31.1 Å². The Morgan fingerprint density at radius 2 is 1.48 bits per heavy atom. The summed E-state index contributed by atoms with van der Waals surface area (Å²) in [7, 11) is 1.27. The summed E-state index contributed by atoms with van der Waals surface area (Å²) in [6, 6.07) is 4.75. The van der Waals surface area contributed by atoms with Crippen LogP contribution in [0.15, 0.2) is 24.3 Å². The van der Waals surface area contributed by atoms with E-state index in [4.69, 9.17) is 9.90 Å². The van der Waals surface area contributed by atoms with Gasteiger partial charge in [0.1, 0.15) is 0 Å². The Hall–Kier alpha value is -2.26. The maximum Gasteiger partial charge on any atom is 0.490 e. The number of aliphatic carboxylic acids is 1. The number of carbonyl (C=O) groups is 2. The summed E-state index contributed by atoms with van der Waals surface area (Å²) in [5, 5.41) is 7.12. The number of hydrogen-bond acceptors (Lipinski definition) is 3. The zero-order valence-electron chi connectivity index (χ0n) is 11.7. The topological polar surface area (TPSA) is 63.6 Å². The molecule has 130 valence electrons. The van der Waals surface area contributed by atoms with Gasteiger partial charge in [-0.2, -0.15) is 26.3 Å². The molecule has 1 aromatic carbocycles. The van der Waals surface area contributed by atoms with E-state index < -0.39 is 23.9 Å². The molecular formula is C13H12F6O4. The van der Waals surface area contributed by atoms with Crippen LogP contribution in [0.2, 0.25) is 0 Å². The van der Waals surface area contributed by atoms with Gasteiger partial charge < -0.3 is 9.84 Å². The van der Waals surface area contributed by atoms with Gasteiger partial charge in [0, 0.05) is 6.42 Å². The second-order valence-electron chi connectivity index (χ2n) is 4.07. The minimum Gasteiger partial charge on any atom is -0.475 e. The fourth-order valence-electron chi connectivity index (χ4n) is 1.21. The molecule has 0 heterocycles. The fraction of sp³-hybridized carbons (Fsp3) is 0.385. The van der Waals surface area contributed by atoms with E-state index in [-0.39, 0.29) is 12.4 Å². The number of methoxy groups -OCH3 is 1. The van der Waals surface area contributed by atoms with E-state index in [1.807, 2.05) is 0 Å². The summed E-state index contributed by atoms with van der Waals surface area (Å²) in [5.74, 6) is -3.13. The summed E-state index contributed by atoms with van der Waals surface area (Å²) in [4.78, 5) is 19.7. The monoisotopic (exact) mass is 346 g/mol. The Balaban J connectivity index is 0.000000585. The number of esters is 1. The van der Waals surface area contributed by atoms with Crippen LogP contribution in [-0.2, 0) is 26.9 Å². The molecule has 0 saturated heterocycles. The molecule has 1 N–H and O–H groups in total. The first-order chi connectivity index (χ1) is 10.4. The average molecular weight is 346 g/mol. The number of rotatable bonds is 3. The molecule has 0 aliphatic carbocycles. The Morgan fingerprint density at radius 1 is 1.04 bits per heavy atom. The number of ether oxygens (including phenoxy) is 1. The van der Waals surface area contributed by atoms with Crippen molar-refractivity contribution in [2.45, 2.75) is 25.2 Å². The molecule has 1 aromatic rings. The van der Waals surface area contributed by atoms with Crippen molar-refractivity contribution in [1.29, 1.82) is 0 Å². The van der Waals surface area contributed by atoms with Gasteiger partial charge in [0.05, 0.1) is 12.7 Å². The lowest BCUT2D eigenvalue weighted by Crippen LogP contribution is -2.21. The number of benzene rings is 1. The number of alkyl halides is 6. The Labute approximate surface area is 126 Å². The number of halogens is 6. The summed E-state index contributed by atoms with van der Waals surface area (Å²) in [6.07, 6.45) is -8.85. The first-order valence-corrected chi connectivity index (χ1v) is 5.91. The number of carbonyl (C=O) groups excluding carboxylic acids is 1. The molecule has 0 fully saturated rings. The molecule has 0 amide bonds. The molecule has 0 radical (unpaired) electrons. The molecular weight excluding hydrogens is 334 g/mol. The second kappa shape index (κ2) is 8.39. The van der Waals surface area contributed by atoms with Gasteiger partial charge in [-0.1, -0.05) is 12.1 Å². The largest absolute Gasteiger partial charge is 0.490 e. The maximum atomic E-state index is 12.2. The standard InChI is InChI=1S/C11H11F3O2.C2HF3O2/c1-16-10(15)7-4-8-2-5-9(6-3-8)11(12,13)14;3-2(4,5)1(6)7/h2-3,5-6H,4,7H2,1H3;(H,6,7). The first-order valence-electron chi connectivity index (χ1n) is 5.91. The van der Waals surface area contributed by atoms with Crippen LogP contribution in [0.5, 0.6) is 0 Å². The molecule has 23 heavy (non-hydrogen) atoms. The van der Waals surface area contributed by atoms with Crippen LogP contribution < -0.4 is 0 Å². The lowest BCUT2D eigenvalue weighted by atomic mass is 10.1. The molecule has 0 unspecified atom stereocenters. The molecule has 10 heteroatoms. The summed E-state index contributed by atoms with van der Waals surface area (Å²) >= 11 is 0. The normalized spacial score (nSPS) is 11.3. The van der Waals surface area contributed by atoms with E-state index in [1.54, 1.807) is 0 Å². The second-order valence-corrected chi connectivity index (χ2v) is 4.07. The molecule has 1 rings (SSSR count). The average Bonchev–Trinajstić information content (AvgIpc) is 2.43. The molecule has 0 aliphatic rings. The third-order valence-electron chi connectivity index (χ3n) is 2.37. The number of carboxylic acids is 1. The van der Waals surface area contributed by atoms with E-state index in [0.717, 1.165) is 12.1 Å². The van der Waals surface area contributed by atoms with E-state index in [2.05, 4.69) is 4.74 Å². The smallest absolute Gasteiger partial charge is 0.475 e. The molecule has 4 nitrogen and oxygen atoms in total. The van der Waals surface area contributed by atoms with Crippen molar-refractivity contribution in [2.75, 3.05) is 7.11 Å². The Bertz CT molecular complexity index is 519. The first kappa shape index (κ1) is 20.7. The Morgan fingerprint density at radius 3 is 1.78 bits per heavy atom. The molecule has 0 aliphatic heterocycles. The van der Waals surface area contributed by atoms with Crippen LogP contribution in [0.1, 0.15) is 17.5 Å². The van der Waals surface area contributed by atoms with Gasteiger partial charge >= 0.3 is 24.3 Å². The lowest BCUT2D eigenvalue weighted by Gasteiger charge is -2.07. The van der Waals surface area contributed by atoms with Crippen molar-refractivity contribution in [1.82, 2.24) is 0 Å². The summed E-state index contributed by atoms with van der Waals surface area (Å²) in [6.45, 7) is 0. The molecule has 0 bridgehead atoms. The zero-order chi connectivity index (χ0) is 18.3. The van der Waals surface area contributed by atoms with Crippen molar-refractivity contribution in [3.05, 3.63) is 35.4 Å². The van der Waals surface area contributed by atoms with Gasteiger partial charge in [0.2, 0.25) is 0 Å². The number of carboxylic acid groups (broad SMARTS) is 1. The highest BCUT2D eigenvalue weighted by Gasteiger charge is 2.38. The van der Waals surface area contributed by atoms with Gasteiger partial charge in [-0.15, -0.1) is 0 Å². The van der Waals surface area contributed by atoms with Crippen molar-refractivity contribution in [2.24, 2.45) is 0 Å². The van der Waals surface area contributed by atoms with Crippen LogP contribution in [0.4, 0.5) is 26.3 Å². The van der Waals surface area contributed by atoms with Gasteiger partial charge in [-0.3, -0.25) is 4.79 Å². The highest BCUT2D eigenvalue weighted by molar-refractivity contribution is 5.73. The SMILES string of the molecule is COC(=O)CCc1ccc(C(F)(F)F)cc1.O=C(O)C(F)(F)F. The number of hydrogen-bond donors (Lipinski definition) is 1. The highest BCUT2D eigenvalue weighted by atomic mass is 19.4. The van der Waals surface area contributed by atoms with Crippen molar-refractivity contribution < 1.29 is 45.8 Å². The van der Waals surface area contributed by atoms with Gasteiger partial charge in [-0.25, -0.2) is 4.79 Å². The maximum absolute atomic E-state index is 12.2. The van der Waals surface area contributed by atoms with Crippen LogP contribution in [0.3, 0.4) is 0 Å². The van der Waals surface area contributed by atoms with Crippen LogP contribution in [-0.4, -0.2) is 30.3 Å². The predicted octanol–water partition coefficient (Wildman–Crippen LogP) is 3.44. The molecule has 0 spiro atoms. The fourth-order valence-corrected chi connectivity index (χ4v) is 1.21. The predicted molar refractivity (Wildman–Crippen MR) is 65.5 cm³/mol. The van der Waals surface area contributed by atoms with Crippen LogP contribution in [0, 0.1) is 0 Å². The number of aryl methyl sites for hydroxylation is 1. The lowest BCUT2D eigenvalue weighted by molar-refractivity contribution is -0.192. The third-order valence-corrected chi connectivity index (χ3v) is 2.37. The highest BCUT2D eigenvalue weighted by Crippen LogP contribution is 2.29. The van der Waals surface area contributed by atoms with Gasteiger partial charge in [0.25, 0.3) is 0 Å². The van der Waals surface area contributed by atoms with Gasteiger partial charge in [0.15, 0.2) is 0 Å². The minimum atomic E-state index is -5.08. The van der Waals surface area contributed by atoms with E-state index in [0.29, 0.717) is 12.0 Å². The van der Waals surface area contributed by atoms with E-state index >= 15 is 0 Å². The van der Waals surface area contributed by atoms with Crippen molar-refractivity contribution in [3.8, 4) is 0 Å². The van der Waals surface area contributed by atoms with E-state index in [1.165, 1.54) is 19.2 Å². The summed E-state index contributed by atoms with van der Waals surface area (Å²) < 4.78 is 72.8. The molecule has 0 saturated carbocycles. The minimum absolute atomic E-state index is 0.169. The van der Waals surface area contributed by atoms with Crippen LogP contribution >= 0.6 is 0 Å². The van der Waals surface area contributed by atoms with Crippen molar-refractivity contribution in [3.63, 3.8) is 0 Å².